The van der Waals surface area contributed by atoms with E-state index in [1.165, 1.54) is 11.3 Å². The van der Waals surface area contributed by atoms with Gasteiger partial charge in [-0.15, -0.1) is 11.3 Å². The van der Waals surface area contributed by atoms with Crippen LogP contribution in [-0.2, 0) is 0 Å². The van der Waals surface area contributed by atoms with Crippen LogP contribution in [0.5, 0.6) is 0 Å². The lowest BCUT2D eigenvalue weighted by molar-refractivity contribution is 0.0944. The van der Waals surface area contributed by atoms with E-state index in [4.69, 9.17) is 5.73 Å². The van der Waals surface area contributed by atoms with Crippen LogP contribution in [0.1, 0.15) is 49.4 Å². The molecule has 0 radical (unpaired) electrons. The van der Waals surface area contributed by atoms with Crippen molar-refractivity contribution in [2.45, 2.75) is 34.1 Å². The Morgan fingerprint density at radius 1 is 1.43 bits per heavy atom. The van der Waals surface area contributed by atoms with Gasteiger partial charge in [0.25, 0.3) is 0 Å². The Hall–Kier alpha value is -1.54. The average Bonchev–Trinajstić information content (AvgIpc) is 3.02. The maximum Gasteiger partial charge on any atom is 0.177 e. The van der Waals surface area contributed by atoms with E-state index >= 15 is 0 Å². The van der Waals surface area contributed by atoms with Crippen molar-refractivity contribution in [2.24, 2.45) is 17.8 Å². The van der Waals surface area contributed by atoms with Crippen LogP contribution < -0.4 is 10.6 Å². The molecule has 1 atom stereocenters. The molecule has 1 aromatic heterocycles. The molecule has 0 spiro atoms. The summed E-state index contributed by atoms with van der Waals surface area (Å²) in [5.74, 6) is 1.20. The third-order valence-electron chi connectivity index (χ3n) is 4.24. The van der Waals surface area contributed by atoms with E-state index in [0.717, 1.165) is 24.5 Å². The normalized spacial score (nSPS) is 18.5. The first-order chi connectivity index (χ1) is 9.86. The molecule has 5 heteroatoms. The first kappa shape index (κ1) is 15.8. The Kier molecular flexibility index (Phi) is 4.58. The number of rotatable bonds is 4. The molecule has 0 aromatic carbocycles. The zero-order valence-electron chi connectivity index (χ0n) is 13.1. The lowest BCUT2D eigenvalue weighted by Crippen LogP contribution is -2.21. The van der Waals surface area contributed by atoms with E-state index in [1.54, 1.807) is 0 Å². The fourth-order valence-corrected chi connectivity index (χ4v) is 4.02. The molecule has 21 heavy (non-hydrogen) atoms. The van der Waals surface area contributed by atoms with Gasteiger partial charge in [0.15, 0.2) is 5.78 Å². The summed E-state index contributed by atoms with van der Waals surface area (Å²) in [5, 5.41) is 10.3. The van der Waals surface area contributed by atoms with Gasteiger partial charge in [0.2, 0.25) is 0 Å². The molecule has 114 valence electrons. The van der Waals surface area contributed by atoms with Crippen molar-refractivity contribution in [3.05, 3.63) is 10.4 Å². The van der Waals surface area contributed by atoms with E-state index < -0.39 is 0 Å². The second kappa shape index (κ2) is 6.07. The number of hydrogen-bond acceptors (Lipinski definition) is 5. The molecule has 1 aromatic rings. The maximum absolute atomic E-state index is 12.2. The standard InChI is InChI=1S/C16H23N3OS/c1-9(2)11-5-6-19(8-11)16-12(7-17)13(18)15(21-16)14(20)10(3)4/h9-11H,5-6,8,18H2,1-4H3. The Bertz CT molecular complexity index is 583. The topological polar surface area (TPSA) is 70.1 Å². The van der Waals surface area contributed by atoms with Crippen molar-refractivity contribution in [3.63, 3.8) is 0 Å². The van der Waals surface area contributed by atoms with Crippen molar-refractivity contribution >= 4 is 27.8 Å². The van der Waals surface area contributed by atoms with Gasteiger partial charge in [-0.05, 0) is 18.3 Å². The molecule has 0 saturated carbocycles. The third-order valence-corrected chi connectivity index (χ3v) is 5.52. The van der Waals surface area contributed by atoms with Crippen LogP contribution in [0.4, 0.5) is 10.7 Å². The van der Waals surface area contributed by atoms with Crippen LogP contribution in [0.3, 0.4) is 0 Å². The number of nitrogens with zero attached hydrogens (tertiary/aromatic N) is 2. The summed E-state index contributed by atoms with van der Waals surface area (Å²) >= 11 is 1.39. The fraction of sp³-hybridized carbons (Fsp3) is 0.625. The Morgan fingerprint density at radius 3 is 2.57 bits per heavy atom. The number of anilines is 2. The first-order valence-electron chi connectivity index (χ1n) is 7.48. The minimum Gasteiger partial charge on any atom is -0.396 e. The number of hydrogen-bond donors (Lipinski definition) is 1. The minimum atomic E-state index is -0.104. The Balaban J connectivity index is 2.35. The number of carbonyl (C=O) groups excluding carboxylic acids is 1. The van der Waals surface area contributed by atoms with Crippen molar-refractivity contribution in [3.8, 4) is 6.07 Å². The maximum atomic E-state index is 12.2. The summed E-state index contributed by atoms with van der Waals surface area (Å²) in [4.78, 5) is 15.0. The first-order valence-corrected chi connectivity index (χ1v) is 8.30. The molecule has 2 rings (SSSR count). The number of nitrogens with two attached hydrogens (primary N) is 1. The number of ketones is 1. The molecular formula is C16H23N3OS. The predicted octanol–water partition coefficient (Wildman–Crippen LogP) is 3.52. The molecule has 1 saturated heterocycles. The number of Topliss-reactive ketones (excluding diaryl/α,β-unsaturated/α-hetero) is 1. The van der Waals surface area contributed by atoms with Crippen LogP contribution in [0.2, 0.25) is 0 Å². The molecule has 4 nitrogen and oxygen atoms in total. The summed E-state index contributed by atoms with van der Waals surface area (Å²) in [6.07, 6.45) is 1.13. The van der Waals surface area contributed by atoms with E-state index in [2.05, 4.69) is 24.8 Å². The van der Waals surface area contributed by atoms with Crippen LogP contribution >= 0.6 is 11.3 Å². The Labute approximate surface area is 130 Å². The zero-order chi connectivity index (χ0) is 15.7. The predicted molar refractivity (Wildman–Crippen MR) is 87.8 cm³/mol. The summed E-state index contributed by atoms with van der Waals surface area (Å²) in [5.41, 5.74) is 6.90. The number of nitriles is 1. The SMILES string of the molecule is CC(C)C(=O)c1sc(N2CCC(C(C)C)C2)c(C#N)c1N. The van der Waals surface area contributed by atoms with Crippen LogP contribution in [0.25, 0.3) is 0 Å². The van der Waals surface area contributed by atoms with Gasteiger partial charge < -0.3 is 10.6 Å². The fourth-order valence-electron chi connectivity index (χ4n) is 2.72. The van der Waals surface area contributed by atoms with Gasteiger partial charge in [-0.3, -0.25) is 4.79 Å². The smallest absolute Gasteiger partial charge is 0.177 e. The van der Waals surface area contributed by atoms with E-state index in [1.807, 2.05) is 13.8 Å². The average molecular weight is 305 g/mol. The van der Waals surface area contributed by atoms with Crippen molar-refractivity contribution in [1.82, 2.24) is 0 Å². The largest absolute Gasteiger partial charge is 0.396 e. The lowest BCUT2D eigenvalue weighted by Gasteiger charge is -2.18. The summed E-state index contributed by atoms with van der Waals surface area (Å²) in [6, 6.07) is 2.19. The molecule has 1 unspecified atom stereocenters. The lowest BCUT2D eigenvalue weighted by atomic mass is 9.95. The van der Waals surface area contributed by atoms with Crippen LogP contribution in [0.15, 0.2) is 0 Å². The molecule has 1 aliphatic rings. The summed E-state index contributed by atoms with van der Waals surface area (Å²) < 4.78 is 0. The summed E-state index contributed by atoms with van der Waals surface area (Å²) in [6.45, 7) is 10.1. The quantitative estimate of drug-likeness (QED) is 0.864. The van der Waals surface area contributed by atoms with Crippen LogP contribution in [-0.4, -0.2) is 18.9 Å². The minimum absolute atomic E-state index is 0.0276. The molecule has 0 bridgehead atoms. The van der Waals surface area contributed by atoms with E-state index in [-0.39, 0.29) is 11.7 Å². The van der Waals surface area contributed by atoms with Gasteiger partial charge in [-0.25, -0.2) is 0 Å². The number of thiophene rings is 1. The second-order valence-electron chi connectivity index (χ2n) is 6.39. The molecule has 0 aliphatic carbocycles. The third kappa shape index (κ3) is 2.91. The molecule has 1 fully saturated rings. The number of nitrogen functional groups attached to an aromatic ring is 1. The summed E-state index contributed by atoms with van der Waals surface area (Å²) in [7, 11) is 0. The van der Waals surface area contributed by atoms with Crippen molar-refractivity contribution in [1.29, 1.82) is 5.26 Å². The molecule has 2 N–H and O–H groups in total. The monoisotopic (exact) mass is 305 g/mol. The molecule has 2 heterocycles. The molecule has 0 amide bonds. The van der Waals surface area contributed by atoms with Gasteiger partial charge in [0.05, 0.1) is 10.6 Å². The second-order valence-corrected chi connectivity index (χ2v) is 7.39. The highest BCUT2D eigenvalue weighted by Crippen LogP contribution is 2.41. The van der Waals surface area contributed by atoms with Gasteiger partial charge in [-0.1, -0.05) is 27.7 Å². The number of carbonyl (C=O) groups is 1. The van der Waals surface area contributed by atoms with E-state index in [9.17, 15) is 10.1 Å². The molecule has 1 aliphatic heterocycles. The van der Waals surface area contributed by atoms with Gasteiger partial charge in [0, 0.05) is 19.0 Å². The highest BCUT2D eigenvalue weighted by molar-refractivity contribution is 7.19. The van der Waals surface area contributed by atoms with Crippen molar-refractivity contribution in [2.75, 3.05) is 23.7 Å². The highest BCUT2D eigenvalue weighted by Gasteiger charge is 2.30. The Morgan fingerprint density at radius 2 is 2.10 bits per heavy atom. The van der Waals surface area contributed by atoms with Gasteiger partial charge >= 0.3 is 0 Å². The zero-order valence-corrected chi connectivity index (χ0v) is 14.0. The van der Waals surface area contributed by atoms with E-state index in [0.29, 0.717) is 28.0 Å². The highest BCUT2D eigenvalue weighted by atomic mass is 32.1. The van der Waals surface area contributed by atoms with Crippen molar-refractivity contribution < 1.29 is 4.79 Å². The molecular weight excluding hydrogens is 282 g/mol. The van der Waals surface area contributed by atoms with Gasteiger partial charge in [-0.2, -0.15) is 5.26 Å². The van der Waals surface area contributed by atoms with Gasteiger partial charge in [0.1, 0.15) is 16.6 Å². The van der Waals surface area contributed by atoms with Crippen LogP contribution in [0, 0.1) is 29.1 Å².